The van der Waals surface area contributed by atoms with E-state index in [1.165, 1.54) is 17.7 Å². The van der Waals surface area contributed by atoms with Gasteiger partial charge in [0, 0.05) is 78.5 Å². The summed E-state index contributed by atoms with van der Waals surface area (Å²) in [7, 11) is 0. The topological polar surface area (TPSA) is 46.7 Å². The first kappa shape index (κ1) is 28.8. The number of aryl methyl sites for hydroxylation is 1. The maximum atomic E-state index is 12.6. The molecule has 5 rings (SSSR count). The van der Waals surface area contributed by atoms with Crippen LogP contribution in [0.3, 0.4) is 0 Å². The molecule has 0 aliphatic carbocycles. The molecule has 4 aromatic rings. The van der Waals surface area contributed by atoms with Crippen LogP contribution >= 0.6 is 23.2 Å². The Hall–Kier alpha value is -2.75. The Morgan fingerprint density at radius 2 is 1.55 bits per heavy atom. The van der Waals surface area contributed by atoms with E-state index in [2.05, 4.69) is 43.5 Å². The number of ether oxygens (including phenoxy) is 1. The van der Waals surface area contributed by atoms with E-state index < -0.39 is 6.36 Å². The molecule has 40 heavy (non-hydrogen) atoms. The summed E-state index contributed by atoms with van der Waals surface area (Å²) < 4.78 is 44.1. The monoisotopic (exact) mass is 590 g/mol. The lowest BCUT2D eigenvalue weighted by atomic mass is 10.0. The van der Waals surface area contributed by atoms with Crippen LogP contribution in [0.15, 0.2) is 66.9 Å². The zero-order valence-electron chi connectivity index (χ0n) is 21.9. The third-order valence-electron chi connectivity index (χ3n) is 7.23. The van der Waals surface area contributed by atoms with Gasteiger partial charge in [-0.05, 0) is 66.1 Å². The zero-order valence-corrected chi connectivity index (χ0v) is 23.4. The molecule has 0 unspecified atom stereocenters. The molecule has 212 valence electrons. The number of hydrogen-bond acceptors (Lipinski definition) is 4. The minimum absolute atomic E-state index is 0.235. The molecule has 1 aliphatic heterocycles. The first-order valence-electron chi connectivity index (χ1n) is 13.3. The van der Waals surface area contributed by atoms with Gasteiger partial charge >= 0.3 is 6.36 Å². The Morgan fingerprint density at radius 3 is 2.20 bits per heavy atom. The van der Waals surface area contributed by atoms with Crippen molar-refractivity contribution in [3.63, 3.8) is 0 Å². The van der Waals surface area contributed by atoms with Gasteiger partial charge < -0.3 is 15.0 Å². The van der Waals surface area contributed by atoms with Crippen molar-refractivity contribution in [2.45, 2.75) is 32.4 Å². The van der Waals surface area contributed by atoms with Crippen LogP contribution in [0.5, 0.6) is 5.75 Å². The number of fused-ring (bicyclic) bond motifs is 1. The highest BCUT2D eigenvalue weighted by Gasteiger charge is 2.31. The first-order valence-corrected chi connectivity index (χ1v) is 14.0. The number of hydrogen-bond donors (Lipinski definition) is 1. The summed E-state index contributed by atoms with van der Waals surface area (Å²) in [6.07, 6.45) is -1.83. The van der Waals surface area contributed by atoms with Crippen molar-refractivity contribution in [2.75, 3.05) is 32.7 Å². The summed E-state index contributed by atoms with van der Waals surface area (Å²) in [6, 6.07) is 18.2. The summed E-state index contributed by atoms with van der Waals surface area (Å²) in [5.41, 5.74) is 10.9. The minimum Gasteiger partial charge on any atom is -0.406 e. The highest BCUT2D eigenvalue weighted by molar-refractivity contribution is 6.35. The van der Waals surface area contributed by atoms with Gasteiger partial charge in [-0.25, -0.2) is 0 Å². The lowest BCUT2D eigenvalue weighted by molar-refractivity contribution is -0.274. The molecule has 1 saturated heterocycles. The predicted octanol–water partition coefficient (Wildman–Crippen LogP) is 7.18. The average molecular weight is 592 g/mol. The Morgan fingerprint density at radius 1 is 0.850 bits per heavy atom. The van der Waals surface area contributed by atoms with Crippen LogP contribution in [0, 0.1) is 0 Å². The largest absolute Gasteiger partial charge is 0.573 e. The van der Waals surface area contributed by atoms with Crippen molar-refractivity contribution in [3.05, 3.63) is 88.0 Å². The van der Waals surface area contributed by atoms with Crippen molar-refractivity contribution in [1.82, 2.24) is 14.4 Å². The van der Waals surface area contributed by atoms with Gasteiger partial charge in [-0.1, -0.05) is 47.5 Å². The van der Waals surface area contributed by atoms with Crippen LogP contribution in [0.1, 0.15) is 17.5 Å². The molecule has 10 heteroatoms. The molecular formula is C30H31Cl2F3N4O. The van der Waals surface area contributed by atoms with E-state index >= 15 is 0 Å². The van der Waals surface area contributed by atoms with Gasteiger partial charge in [-0.15, -0.1) is 13.2 Å². The second-order valence-corrected chi connectivity index (χ2v) is 10.9. The number of nitrogens with zero attached hydrogens (tertiary/aromatic N) is 3. The molecule has 0 saturated carbocycles. The van der Waals surface area contributed by atoms with Crippen LogP contribution in [0.4, 0.5) is 13.2 Å². The highest BCUT2D eigenvalue weighted by Crippen LogP contribution is 2.34. The lowest BCUT2D eigenvalue weighted by Gasteiger charge is -2.35. The van der Waals surface area contributed by atoms with Gasteiger partial charge in [-0.3, -0.25) is 9.80 Å². The van der Waals surface area contributed by atoms with E-state index in [-0.39, 0.29) is 5.75 Å². The van der Waals surface area contributed by atoms with E-state index in [0.29, 0.717) is 16.6 Å². The molecule has 2 heterocycles. The smallest absolute Gasteiger partial charge is 0.406 e. The zero-order chi connectivity index (χ0) is 28.3. The van der Waals surface area contributed by atoms with E-state index in [1.807, 2.05) is 12.1 Å². The molecule has 5 nitrogen and oxygen atoms in total. The third-order valence-corrected chi connectivity index (χ3v) is 7.81. The number of halogens is 5. The molecule has 1 aliphatic rings. The minimum atomic E-state index is -4.72. The van der Waals surface area contributed by atoms with Gasteiger partial charge in [0.25, 0.3) is 0 Å². The molecule has 0 spiro atoms. The molecule has 0 bridgehead atoms. The van der Waals surface area contributed by atoms with Crippen LogP contribution in [0.25, 0.3) is 22.0 Å². The summed E-state index contributed by atoms with van der Waals surface area (Å²) in [5, 5.41) is 2.40. The maximum absolute atomic E-state index is 12.6. The van der Waals surface area contributed by atoms with Gasteiger partial charge in [0.2, 0.25) is 0 Å². The Labute approximate surface area is 241 Å². The fraction of sp³-hybridized carbons (Fsp3) is 0.333. The van der Waals surface area contributed by atoms with Crippen molar-refractivity contribution in [1.29, 1.82) is 0 Å². The second-order valence-electron chi connectivity index (χ2n) is 10.1. The van der Waals surface area contributed by atoms with Crippen LogP contribution in [-0.2, 0) is 19.6 Å². The Balaban J connectivity index is 1.31. The first-order chi connectivity index (χ1) is 19.2. The Bertz CT molecular complexity index is 1450. The van der Waals surface area contributed by atoms with Crippen molar-refractivity contribution >= 4 is 34.1 Å². The number of nitrogens with two attached hydrogens (primary N) is 1. The number of rotatable bonds is 9. The quantitative estimate of drug-likeness (QED) is 0.224. The molecule has 0 radical (unpaired) electrons. The van der Waals surface area contributed by atoms with Crippen LogP contribution < -0.4 is 10.5 Å². The van der Waals surface area contributed by atoms with E-state index in [9.17, 15) is 13.2 Å². The average Bonchev–Trinajstić information content (AvgIpc) is 3.27. The van der Waals surface area contributed by atoms with Gasteiger partial charge in [0.1, 0.15) is 5.75 Å². The summed E-state index contributed by atoms with van der Waals surface area (Å²) >= 11 is 12.4. The third kappa shape index (κ3) is 7.11. The molecule has 3 aromatic carbocycles. The normalized spacial score (nSPS) is 15.2. The van der Waals surface area contributed by atoms with Gasteiger partial charge in [-0.2, -0.15) is 0 Å². The van der Waals surface area contributed by atoms with Crippen LogP contribution in [0.2, 0.25) is 10.0 Å². The van der Waals surface area contributed by atoms with Gasteiger partial charge in [0.05, 0.1) is 0 Å². The van der Waals surface area contributed by atoms with Crippen molar-refractivity contribution in [3.8, 4) is 16.9 Å². The molecular weight excluding hydrogens is 560 g/mol. The molecule has 1 fully saturated rings. The summed E-state index contributed by atoms with van der Waals surface area (Å²) in [5.74, 6) is -0.235. The van der Waals surface area contributed by atoms with E-state index in [0.717, 1.165) is 79.8 Å². The van der Waals surface area contributed by atoms with E-state index in [4.69, 9.17) is 28.9 Å². The lowest BCUT2D eigenvalue weighted by Crippen LogP contribution is -2.45. The van der Waals surface area contributed by atoms with Crippen molar-refractivity contribution < 1.29 is 17.9 Å². The number of alkyl halides is 3. The fourth-order valence-corrected chi connectivity index (χ4v) is 5.68. The maximum Gasteiger partial charge on any atom is 0.573 e. The number of benzene rings is 3. The molecule has 0 atom stereocenters. The van der Waals surface area contributed by atoms with E-state index in [1.54, 1.807) is 18.2 Å². The fourth-order valence-electron chi connectivity index (χ4n) is 5.21. The Kier molecular flexibility index (Phi) is 8.92. The molecule has 2 N–H and O–H groups in total. The standard InChI is InChI=1S/C30H31Cl2F3N4O/c31-24-6-3-23(28(32)17-24)19-38-14-12-37(13-15-38)18-21-2-9-29-26(16-21)27(20-39(29)11-1-10-36)22-4-7-25(8-5-22)40-30(33,34)35/h2-9,16-17,20H,1,10-15,18-19,36H2. The number of aromatic nitrogens is 1. The second kappa shape index (κ2) is 12.4. The predicted molar refractivity (Wildman–Crippen MR) is 155 cm³/mol. The van der Waals surface area contributed by atoms with Gasteiger partial charge in [0.15, 0.2) is 0 Å². The SMILES string of the molecule is NCCCn1cc(-c2ccc(OC(F)(F)F)cc2)c2cc(CN3CCN(Cc4ccc(Cl)cc4Cl)CC3)ccc21. The summed E-state index contributed by atoms with van der Waals surface area (Å²) in [6.45, 7) is 6.71. The molecule has 0 amide bonds. The molecule has 1 aromatic heterocycles. The van der Waals surface area contributed by atoms with Crippen molar-refractivity contribution in [2.24, 2.45) is 5.73 Å². The number of piperazine rings is 1. The highest BCUT2D eigenvalue weighted by atomic mass is 35.5. The summed E-state index contributed by atoms with van der Waals surface area (Å²) in [4.78, 5) is 4.84. The van der Waals surface area contributed by atoms with Crippen LogP contribution in [-0.4, -0.2) is 53.5 Å².